The highest BCUT2D eigenvalue weighted by Crippen LogP contribution is 2.40. The average Bonchev–Trinajstić information content (AvgIpc) is 2.52. The first-order valence-electron chi connectivity index (χ1n) is 6.83. The Bertz CT molecular complexity index is 669. The van der Waals surface area contributed by atoms with E-state index in [1.165, 1.54) is 14.2 Å². The third kappa shape index (κ3) is 2.72. The van der Waals surface area contributed by atoms with Crippen molar-refractivity contribution in [2.24, 2.45) is 0 Å². The zero-order valence-electron chi connectivity index (χ0n) is 13.1. The molecule has 0 N–H and O–H groups in total. The maximum Gasteiger partial charge on any atom is 0.153 e. The van der Waals surface area contributed by atoms with Gasteiger partial charge in [-0.15, -0.1) is 0 Å². The maximum absolute atomic E-state index is 11.3. The van der Waals surface area contributed by atoms with Gasteiger partial charge in [0.1, 0.15) is 11.5 Å². The van der Waals surface area contributed by atoms with E-state index in [1.807, 2.05) is 26.0 Å². The van der Waals surface area contributed by atoms with E-state index in [0.29, 0.717) is 22.6 Å². The summed E-state index contributed by atoms with van der Waals surface area (Å²) < 4.78 is 10.8. The molecule has 0 unspecified atom stereocenters. The summed E-state index contributed by atoms with van der Waals surface area (Å²) in [7, 11) is 3.04. The fraction of sp³-hybridized carbons (Fsp3) is 0.222. The van der Waals surface area contributed by atoms with Gasteiger partial charge in [-0.25, -0.2) is 0 Å². The molecule has 0 fully saturated rings. The highest BCUT2D eigenvalue weighted by atomic mass is 16.5. The first-order chi connectivity index (χ1) is 10.5. The molecule has 22 heavy (non-hydrogen) atoms. The van der Waals surface area contributed by atoms with Gasteiger partial charge in [0.25, 0.3) is 0 Å². The number of carbonyl (C=O) groups excluding carboxylic acids is 2. The predicted molar refractivity (Wildman–Crippen MR) is 85.2 cm³/mol. The van der Waals surface area contributed by atoms with Crippen LogP contribution in [0.2, 0.25) is 0 Å². The molecule has 0 radical (unpaired) electrons. The minimum absolute atomic E-state index is 0.466. The van der Waals surface area contributed by atoms with Crippen molar-refractivity contribution < 1.29 is 19.1 Å². The number of aryl methyl sites for hydroxylation is 2. The lowest BCUT2D eigenvalue weighted by molar-refractivity contribution is 0.111. The number of ether oxygens (including phenoxy) is 2. The molecule has 0 amide bonds. The molecule has 0 bridgehead atoms. The van der Waals surface area contributed by atoms with E-state index in [2.05, 4.69) is 0 Å². The monoisotopic (exact) mass is 298 g/mol. The fourth-order valence-corrected chi connectivity index (χ4v) is 2.63. The Morgan fingerprint density at radius 2 is 1.09 bits per heavy atom. The lowest BCUT2D eigenvalue weighted by Crippen LogP contribution is -1.99. The van der Waals surface area contributed by atoms with Crippen LogP contribution in [0.1, 0.15) is 31.8 Å². The van der Waals surface area contributed by atoms with Crippen molar-refractivity contribution in [1.29, 1.82) is 0 Å². The molecule has 0 atom stereocenters. The second kappa shape index (κ2) is 6.43. The smallest absolute Gasteiger partial charge is 0.153 e. The summed E-state index contributed by atoms with van der Waals surface area (Å²) in [6.07, 6.45) is 1.52. The van der Waals surface area contributed by atoms with Crippen LogP contribution in [-0.2, 0) is 0 Å². The van der Waals surface area contributed by atoms with Gasteiger partial charge in [0.2, 0.25) is 0 Å². The molecule has 4 heteroatoms. The third-order valence-corrected chi connectivity index (χ3v) is 3.48. The molecular weight excluding hydrogens is 280 g/mol. The van der Waals surface area contributed by atoms with Crippen LogP contribution in [0.5, 0.6) is 11.5 Å². The zero-order valence-corrected chi connectivity index (χ0v) is 13.1. The van der Waals surface area contributed by atoms with E-state index in [-0.39, 0.29) is 0 Å². The Kier molecular flexibility index (Phi) is 4.61. The SMILES string of the molecule is COc1c(C=O)cc(C)cc1-c1cc(C)cc(C=O)c1OC. The zero-order chi connectivity index (χ0) is 16.3. The second-order valence-corrected chi connectivity index (χ2v) is 5.11. The van der Waals surface area contributed by atoms with E-state index >= 15 is 0 Å². The van der Waals surface area contributed by atoms with E-state index in [9.17, 15) is 9.59 Å². The third-order valence-electron chi connectivity index (χ3n) is 3.48. The van der Waals surface area contributed by atoms with Gasteiger partial charge < -0.3 is 9.47 Å². The lowest BCUT2D eigenvalue weighted by atomic mass is 9.95. The number of hydrogen-bond acceptors (Lipinski definition) is 4. The number of carbonyl (C=O) groups is 2. The number of hydrogen-bond donors (Lipinski definition) is 0. The molecule has 0 aromatic heterocycles. The Labute approximate surface area is 129 Å². The van der Waals surface area contributed by atoms with Crippen molar-refractivity contribution in [3.05, 3.63) is 46.5 Å². The number of methoxy groups -OCH3 is 2. The molecule has 0 spiro atoms. The van der Waals surface area contributed by atoms with Crippen LogP contribution in [0.4, 0.5) is 0 Å². The van der Waals surface area contributed by atoms with Gasteiger partial charge in [-0.05, 0) is 49.2 Å². The quantitative estimate of drug-likeness (QED) is 0.791. The Morgan fingerprint density at radius 3 is 1.36 bits per heavy atom. The highest BCUT2D eigenvalue weighted by molar-refractivity contribution is 5.92. The predicted octanol–water partition coefficient (Wildman–Crippen LogP) is 3.61. The Hall–Kier alpha value is -2.62. The number of benzene rings is 2. The molecule has 2 aromatic carbocycles. The summed E-state index contributed by atoms with van der Waals surface area (Å²) in [5, 5.41) is 0. The molecule has 0 aliphatic carbocycles. The minimum Gasteiger partial charge on any atom is -0.495 e. The van der Waals surface area contributed by atoms with E-state index in [4.69, 9.17) is 9.47 Å². The van der Waals surface area contributed by atoms with Gasteiger partial charge >= 0.3 is 0 Å². The van der Waals surface area contributed by atoms with Crippen molar-refractivity contribution >= 4 is 12.6 Å². The molecule has 4 nitrogen and oxygen atoms in total. The average molecular weight is 298 g/mol. The van der Waals surface area contributed by atoms with Crippen LogP contribution in [0.3, 0.4) is 0 Å². The fourth-order valence-electron chi connectivity index (χ4n) is 2.63. The van der Waals surface area contributed by atoms with Gasteiger partial charge in [-0.2, -0.15) is 0 Å². The van der Waals surface area contributed by atoms with Crippen LogP contribution in [0, 0.1) is 13.8 Å². The Balaban J connectivity index is 2.87. The normalized spacial score (nSPS) is 10.2. The van der Waals surface area contributed by atoms with Crippen LogP contribution in [0.25, 0.3) is 11.1 Å². The molecule has 114 valence electrons. The van der Waals surface area contributed by atoms with Crippen molar-refractivity contribution in [1.82, 2.24) is 0 Å². The van der Waals surface area contributed by atoms with Gasteiger partial charge in [-0.1, -0.05) is 0 Å². The number of aldehydes is 2. The van der Waals surface area contributed by atoms with E-state index < -0.39 is 0 Å². The summed E-state index contributed by atoms with van der Waals surface area (Å²) in [4.78, 5) is 22.6. The summed E-state index contributed by atoms with van der Waals surface area (Å²) in [6, 6.07) is 7.35. The van der Waals surface area contributed by atoms with Crippen molar-refractivity contribution in [3.63, 3.8) is 0 Å². The van der Waals surface area contributed by atoms with E-state index in [0.717, 1.165) is 34.8 Å². The van der Waals surface area contributed by atoms with Crippen LogP contribution in [0.15, 0.2) is 24.3 Å². The molecule has 0 heterocycles. The summed E-state index contributed by atoms with van der Waals surface area (Å²) in [5.41, 5.74) is 4.24. The van der Waals surface area contributed by atoms with Gasteiger partial charge in [0, 0.05) is 11.1 Å². The van der Waals surface area contributed by atoms with Crippen LogP contribution < -0.4 is 9.47 Å². The van der Waals surface area contributed by atoms with Crippen LogP contribution >= 0.6 is 0 Å². The molecule has 2 aromatic rings. The second-order valence-electron chi connectivity index (χ2n) is 5.11. The van der Waals surface area contributed by atoms with Gasteiger partial charge in [-0.3, -0.25) is 9.59 Å². The van der Waals surface area contributed by atoms with Crippen molar-refractivity contribution in [2.75, 3.05) is 14.2 Å². The summed E-state index contributed by atoms with van der Waals surface area (Å²) >= 11 is 0. The summed E-state index contributed by atoms with van der Waals surface area (Å²) in [6.45, 7) is 3.80. The molecular formula is C18H18O4. The first kappa shape index (κ1) is 15.8. The first-order valence-corrected chi connectivity index (χ1v) is 6.83. The van der Waals surface area contributed by atoms with E-state index in [1.54, 1.807) is 12.1 Å². The summed E-state index contributed by atoms with van der Waals surface area (Å²) in [5.74, 6) is 0.947. The lowest BCUT2D eigenvalue weighted by Gasteiger charge is -2.17. The largest absolute Gasteiger partial charge is 0.495 e. The minimum atomic E-state index is 0.466. The Morgan fingerprint density at radius 1 is 0.727 bits per heavy atom. The van der Waals surface area contributed by atoms with Gasteiger partial charge in [0.15, 0.2) is 12.6 Å². The van der Waals surface area contributed by atoms with Crippen molar-refractivity contribution in [2.45, 2.75) is 13.8 Å². The molecule has 0 saturated carbocycles. The molecule has 2 rings (SSSR count). The molecule has 0 aliphatic heterocycles. The highest BCUT2D eigenvalue weighted by Gasteiger charge is 2.18. The molecule has 0 aliphatic rings. The number of rotatable bonds is 5. The van der Waals surface area contributed by atoms with Crippen LogP contribution in [-0.4, -0.2) is 26.8 Å². The van der Waals surface area contributed by atoms with Crippen molar-refractivity contribution in [3.8, 4) is 22.6 Å². The molecule has 0 saturated heterocycles. The maximum atomic E-state index is 11.3. The standard InChI is InChI=1S/C18H18O4/c1-11-5-13(9-19)17(21-3)15(7-11)16-8-12(2)6-14(10-20)18(16)22-4/h5-10H,1-4H3. The van der Waals surface area contributed by atoms with Gasteiger partial charge in [0.05, 0.1) is 25.3 Å². The topological polar surface area (TPSA) is 52.6 Å².